The van der Waals surface area contributed by atoms with E-state index in [4.69, 9.17) is 11.6 Å². The largest absolute Gasteiger partial charge is 0.350 e. The molecule has 0 unspecified atom stereocenters. The third-order valence-corrected chi connectivity index (χ3v) is 7.30. The number of carbonyl (C=O) groups excluding carboxylic acids is 2. The van der Waals surface area contributed by atoms with Gasteiger partial charge in [-0.2, -0.15) is 0 Å². The van der Waals surface area contributed by atoms with Crippen molar-refractivity contribution >= 4 is 39.1 Å². The van der Waals surface area contributed by atoms with Gasteiger partial charge in [0.15, 0.2) is 11.6 Å². The fourth-order valence-electron chi connectivity index (χ4n) is 4.05. The average molecular weight is 592 g/mol. The standard InChI is InChI=1S/C29H32ClF2N3O4S/c1-29(2,3)33-28(37)26(16-20-8-6-5-7-9-20)34(18-21-10-12-22(30)13-11-21)27(36)19-35(40(4,38)39)23-14-15-24(31)25(32)17-23/h5-15,17,26H,16,18-19H2,1-4H3,(H,33,37)/t26-/m0/s1. The van der Waals surface area contributed by atoms with Crippen molar-refractivity contribution < 1.29 is 26.8 Å². The normalized spacial score (nSPS) is 12.5. The second-order valence-electron chi connectivity index (χ2n) is 10.5. The monoisotopic (exact) mass is 591 g/mol. The molecule has 0 saturated carbocycles. The van der Waals surface area contributed by atoms with Crippen LogP contribution in [0.2, 0.25) is 5.02 Å². The molecule has 1 N–H and O–H groups in total. The molecule has 0 aromatic heterocycles. The smallest absolute Gasteiger partial charge is 0.244 e. The van der Waals surface area contributed by atoms with Gasteiger partial charge in [-0.3, -0.25) is 13.9 Å². The van der Waals surface area contributed by atoms with E-state index in [0.29, 0.717) is 21.0 Å². The van der Waals surface area contributed by atoms with Crippen molar-refractivity contribution in [3.05, 3.63) is 101 Å². The zero-order valence-corrected chi connectivity index (χ0v) is 24.3. The Hall–Kier alpha value is -3.50. The highest BCUT2D eigenvalue weighted by atomic mass is 35.5. The maximum absolute atomic E-state index is 14.0. The molecule has 3 aromatic carbocycles. The van der Waals surface area contributed by atoms with Crippen LogP contribution in [0.5, 0.6) is 0 Å². The third kappa shape index (κ3) is 8.76. The lowest BCUT2D eigenvalue weighted by atomic mass is 10.0. The molecule has 0 aliphatic rings. The summed E-state index contributed by atoms with van der Waals surface area (Å²) in [6.07, 6.45) is 1.00. The van der Waals surface area contributed by atoms with Crippen LogP contribution in [0.3, 0.4) is 0 Å². The number of rotatable bonds is 10. The molecule has 7 nitrogen and oxygen atoms in total. The van der Waals surface area contributed by atoms with Gasteiger partial charge in [0.05, 0.1) is 11.9 Å². The van der Waals surface area contributed by atoms with Crippen LogP contribution in [0.15, 0.2) is 72.8 Å². The molecule has 0 fully saturated rings. The van der Waals surface area contributed by atoms with Crippen molar-refractivity contribution in [2.75, 3.05) is 17.1 Å². The van der Waals surface area contributed by atoms with Gasteiger partial charge in [0.2, 0.25) is 21.8 Å². The molecule has 2 amide bonds. The lowest BCUT2D eigenvalue weighted by Crippen LogP contribution is -2.56. The van der Waals surface area contributed by atoms with E-state index < -0.39 is 51.6 Å². The molecule has 214 valence electrons. The number of halogens is 3. The van der Waals surface area contributed by atoms with Crippen LogP contribution < -0.4 is 9.62 Å². The zero-order chi connectivity index (χ0) is 29.7. The van der Waals surface area contributed by atoms with Crippen molar-refractivity contribution in [3.63, 3.8) is 0 Å². The number of hydrogen-bond acceptors (Lipinski definition) is 4. The molecule has 0 heterocycles. The lowest BCUT2D eigenvalue weighted by molar-refractivity contribution is -0.140. The number of nitrogens with zero attached hydrogens (tertiary/aromatic N) is 2. The average Bonchev–Trinajstić information content (AvgIpc) is 2.86. The molecular weight excluding hydrogens is 560 g/mol. The first-order chi connectivity index (χ1) is 18.6. The Kier molecular flexibility index (Phi) is 9.92. The minimum Gasteiger partial charge on any atom is -0.350 e. The summed E-state index contributed by atoms with van der Waals surface area (Å²) in [4.78, 5) is 28.9. The van der Waals surface area contributed by atoms with E-state index in [1.54, 1.807) is 24.3 Å². The predicted molar refractivity (Wildman–Crippen MR) is 152 cm³/mol. The fraction of sp³-hybridized carbons (Fsp3) is 0.310. The number of anilines is 1. The van der Waals surface area contributed by atoms with Gasteiger partial charge in [0.25, 0.3) is 0 Å². The van der Waals surface area contributed by atoms with E-state index in [2.05, 4.69) is 5.32 Å². The van der Waals surface area contributed by atoms with Crippen molar-refractivity contribution in [1.82, 2.24) is 10.2 Å². The molecule has 0 spiro atoms. The number of carbonyl (C=O) groups is 2. The topological polar surface area (TPSA) is 86.8 Å². The highest BCUT2D eigenvalue weighted by molar-refractivity contribution is 7.92. The molecule has 1 atom stereocenters. The molecule has 0 aliphatic heterocycles. The molecule has 40 heavy (non-hydrogen) atoms. The Bertz CT molecular complexity index is 1450. The number of sulfonamides is 1. The molecule has 3 aromatic rings. The van der Waals surface area contributed by atoms with Crippen LogP contribution in [-0.4, -0.2) is 49.5 Å². The van der Waals surface area contributed by atoms with Gasteiger partial charge in [-0.25, -0.2) is 17.2 Å². The van der Waals surface area contributed by atoms with E-state index >= 15 is 0 Å². The van der Waals surface area contributed by atoms with E-state index in [0.717, 1.165) is 24.0 Å². The summed E-state index contributed by atoms with van der Waals surface area (Å²) in [7, 11) is -4.11. The van der Waals surface area contributed by atoms with Crippen molar-refractivity contribution in [3.8, 4) is 0 Å². The number of hydrogen-bond donors (Lipinski definition) is 1. The zero-order valence-electron chi connectivity index (χ0n) is 22.7. The molecule has 11 heteroatoms. The van der Waals surface area contributed by atoms with Gasteiger partial charge in [0.1, 0.15) is 12.6 Å². The predicted octanol–water partition coefficient (Wildman–Crippen LogP) is 4.94. The minimum absolute atomic E-state index is 0.0412. The van der Waals surface area contributed by atoms with Crippen LogP contribution in [0.1, 0.15) is 31.9 Å². The van der Waals surface area contributed by atoms with Crippen molar-refractivity contribution in [2.24, 2.45) is 0 Å². The number of benzene rings is 3. The van der Waals surface area contributed by atoms with Gasteiger partial charge in [0, 0.05) is 29.6 Å². The summed E-state index contributed by atoms with van der Waals surface area (Å²) < 4.78 is 53.7. The highest BCUT2D eigenvalue weighted by Crippen LogP contribution is 2.23. The van der Waals surface area contributed by atoms with E-state index in [9.17, 15) is 26.8 Å². The maximum atomic E-state index is 14.0. The van der Waals surface area contributed by atoms with Crippen molar-refractivity contribution in [2.45, 2.75) is 45.3 Å². The Labute approximate surface area is 238 Å². The second-order valence-corrected chi connectivity index (χ2v) is 12.8. The van der Waals surface area contributed by atoms with Crippen LogP contribution in [0, 0.1) is 11.6 Å². The first kappa shape index (κ1) is 31.0. The van der Waals surface area contributed by atoms with Crippen LogP contribution in [-0.2, 0) is 32.6 Å². The minimum atomic E-state index is -4.11. The Morgan fingerprint density at radius 3 is 2.10 bits per heavy atom. The molecular formula is C29H32ClF2N3O4S. The SMILES string of the molecule is CC(C)(C)NC(=O)[C@H](Cc1ccccc1)N(Cc1ccc(Cl)cc1)C(=O)CN(c1ccc(F)c(F)c1)S(C)(=O)=O. The molecule has 0 bridgehead atoms. The van der Waals surface area contributed by atoms with E-state index in [1.165, 1.54) is 4.90 Å². The molecule has 3 rings (SSSR count). The van der Waals surface area contributed by atoms with E-state index in [-0.39, 0.29) is 18.7 Å². The number of nitrogens with one attached hydrogen (secondary N) is 1. The maximum Gasteiger partial charge on any atom is 0.244 e. The lowest BCUT2D eigenvalue weighted by Gasteiger charge is -2.35. The van der Waals surface area contributed by atoms with Gasteiger partial charge in [-0.15, -0.1) is 0 Å². The highest BCUT2D eigenvalue weighted by Gasteiger charge is 2.34. The summed E-state index contributed by atoms with van der Waals surface area (Å²) in [6.45, 7) is 4.64. The van der Waals surface area contributed by atoms with Gasteiger partial charge >= 0.3 is 0 Å². The molecule has 0 saturated heterocycles. The second kappa shape index (κ2) is 12.8. The Morgan fingerprint density at radius 2 is 1.55 bits per heavy atom. The van der Waals surface area contributed by atoms with Crippen molar-refractivity contribution in [1.29, 1.82) is 0 Å². The number of amides is 2. The van der Waals surface area contributed by atoms with Gasteiger partial charge in [-0.05, 0) is 56.2 Å². The van der Waals surface area contributed by atoms with Crippen LogP contribution in [0.4, 0.5) is 14.5 Å². The third-order valence-electron chi connectivity index (χ3n) is 5.91. The summed E-state index contributed by atoms with van der Waals surface area (Å²) >= 11 is 6.04. The molecule has 0 aliphatic carbocycles. The van der Waals surface area contributed by atoms with Gasteiger partial charge in [-0.1, -0.05) is 54.1 Å². The van der Waals surface area contributed by atoms with E-state index in [1.807, 2.05) is 51.1 Å². The fourth-order valence-corrected chi connectivity index (χ4v) is 5.01. The summed E-state index contributed by atoms with van der Waals surface area (Å²) in [5.41, 5.74) is 0.593. The van der Waals surface area contributed by atoms with Crippen LogP contribution in [0.25, 0.3) is 0 Å². The summed E-state index contributed by atoms with van der Waals surface area (Å²) in [5.74, 6) is -3.56. The molecule has 0 radical (unpaired) electrons. The summed E-state index contributed by atoms with van der Waals surface area (Å²) in [6, 6.07) is 17.3. The first-order valence-electron chi connectivity index (χ1n) is 12.5. The van der Waals surface area contributed by atoms with Crippen LogP contribution >= 0.6 is 11.6 Å². The summed E-state index contributed by atoms with van der Waals surface area (Å²) in [5, 5.41) is 3.40. The quantitative estimate of drug-likeness (QED) is 0.362. The Morgan fingerprint density at radius 1 is 0.925 bits per heavy atom. The first-order valence-corrected chi connectivity index (χ1v) is 14.7. The van der Waals surface area contributed by atoms with Gasteiger partial charge < -0.3 is 10.2 Å². The Balaban J connectivity index is 2.08.